The third-order valence-corrected chi connectivity index (χ3v) is 6.31. The predicted octanol–water partition coefficient (Wildman–Crippen LogP) is 4.53. The number of hydrogen-bond acceptors (Lipinski definition) is 2. The first-order valence-corrected chi connectivity index (χ1v) is 9.72. The van der Waals surface area contributed by atoms with E-state index < -0.39 is 5.97 Å². The predicted molar refractivity (Wildman–Crippen MR) is 102 cm³/mol. The van der Waals surface area contributed by atoms with Crippen molar-refractivity contribution in [1.29, 1.82) is 0 Å². The summed E-state index contributed by atoms with van der Waals surface area (Å²) in [6, 6.07) is 15.1. The van der Waals surface area contributed by atoms with Crippen molar-refractivity contribution in [3.05, 3.63) is 69.2 Å². The Hall–Kier alpha value is -1.65. The van der Waals surface area contributed by atoms with Crippen molar-refractivity contribution < 1.29 is 9.90 Å². The van der Waals surface area contributed by atoms with Gasteiger partial charge in [0.1, 0.15) is 0 Å². The Morgan fingerprint density at radius 1 is 1.12 bits per heavy atom. The summed E-state index contributed by atoms with van der Waals surface area (Å²) in [7, 11) is 0. The van der Waals surface area contributed by atoms with E-state index in [9.17, 15) is 9.90 Å². The largest absolute Gasteiger partial charge is 0.478 e. The van der Waals surface area contributed by atoms with E-state index in [0.29, 0.717) is 16.1 Å². The Kier molecular flexibility index (Phi) is 4.65. The van der Waals surface area contributed by atoms with Crippen LogP contribution in [0.1, 0.15) is 39.9 Å². The molecule has 130 valence electrons. The number of carbonyl (C=O) groups is 1. The highest BCUT2D eigenvalue weighted by Crippen LogP contribution is 2.33. The van der Waals surface area contributed by atoms with Gasteiger partial charge in [-0.25, -0.2) is 4.79 Å². The number of hydrogen-bond donors (Lipinski definition) is 1. The molecule has 5 rings (SSSR count). The van der Waals surface area contributed by atoms with Crippen LogP contribution in [0.3, 0.4) is 0 Å². The number of benzene rings is 2. The molecule has 1 fully saturated rings. The van der Waals surface area contributed by atoms with Gasteiger partial charge < -0.3 is 5.11 Å². The number of halogens is 1. The number of fused-ring (bicyclic) bond motifs is 2. The van der Waals surface area contributed by atoms with Crippen LogP contribution in [0.25, 0.3) is 0 Å². The van der Waals surface area contributed by atoms with Crippen LogP contribution in [0, 0.1) is 5.92 Å². The van der Waals surface area contributed by atoms with Crippen molar-refractivity contribution >= 4 is 21.9 Å². The van der Waals surface area contributed by atoms with E-state index in [-0.39, 0.29) is 0 Å². The van der Waals surface area contributed by atoms with Crippen LogP contribution in [0.2, 0.25) is 0 Å². The molecule has 0 spiro atoms. The molecule has 4 heteroatoms. The molecule has 2 heterocycles. The normalized spacial score (nSPS) is 22.9. The quantitative estimate of drug-likeness (QED) is 0.823. The minimum Gasteiger partial charge on any atom is -0.478 e. The lowest BCUT2D eigenvalue weighted by molar-refractivity contribution is 0.0695. The molecule has 2 aromatic carbocycles. The van der Waals surface area contributed by atoms with Gasteiger partial charge in [-0.05, 0) is 76.4 Å². The average Bonchev–Trinajstić information content (AvgIpc) is 2.55. The molecule has 0 aromatic heterocycles. The van der Waals surface area contributed by atoms with Crippen molar-refractivity contribution in [3.63, 3.8) is 0 Å². The van der Waals surface area contributed by atoms with Crippen LogP contribution in [0.4, 0.5) is 0 Å². The van der Waals surface area contributed by atoms with Gasteiger partial charge in [-0.2, -0.15) is 0 Å². The third kappa shape index (κ3) is 3.51. The number of carboxylic acid groups (broad SMARTS) is 1. The molecule has 2 aliphatic heterocycles. The molecular weight excluding hydrogens is 378 g/mol. The van der Waals surface area contributed by atoms with Gasteiger partial charge in [-0.15, -0.1) is 0 Å². The van der Waals surface area contributed by atoms with Gasteiger partial charge in [0.2, 0.25) is 0 Å². The van der Waals surface area contributed by atoms with Crippen molar-refractivity contribution in [2.75, 3.05) is 6.54 Å². The second kappa shape index (κ2) is 6.93. The maximum absolute atomic E-state index is 11.2. The lowest BCUT2D eigenvalue weighted by Gasteiger charge is -2.42. The number of aromatic carboxylic acids is 1. The number of piperidine rings is 1. The SMILES string of the molecule is O=C(O)c1ccc(CN2C[C@@H]3CC[C@H]2Cc2ccccc2C3)cc1Br. The molecule has 0 saturated carbocycles. The minimum atomic E-state index is -0.889. The maximum Gasteiger partial charge on any atom is 0.336 e. The van der Waals surface area contributed by atoms with Gasteiger partial charge >= 0.3 is 5.97 Å². The van der Waals surface area contributed by atoms with Crippen LogP contribution in [-0.2, 0) is 19.4 Å². The summed E-state index contributed by atoms with van der Waals surface area (Å²) < 4.78 is 0.667. The van der Waals surface area contributed by atoms with Crippen LogP contribution in [0.15, 0.2) is 46.9 Å². The molecule has 1 saturated heterocycles. The van der Waals surface area contributed by atoms with E-state index in [4.69, 9.17) is 0 Å². The highest BCUT2D eigenvalue weighted by molar-refractivity contribution is 9.10. The smallest absolute Gasteiger partial charge is 0.336 e. The fourth-order valence-electron chi connectivity index (χ4n) is 4.36. The molecular formula is C21H22BrNO2. The number of rotatable bonds is 3. The second-order valence-electron chi connectivity index (χ2n) is 7.32. The zero-order valence-corrected chi connectivity index (χ0v) is 15.7. The summed E-state index contributed by atoms with van der Waals surface area (Å²) in [5.74, 6) is -0.167. The molecule has 1 aliphatic carbocycles. The van der Waals surface area contributed by atoms with Crippen molar-refractivity contribution in [2.24, 2.45) is 5.92 Å². The molecule has 25 heavy (non-hydrogen) atoms. The molecule has 1 N–H and O–H groups in total. The Morgan fingerprint density at radius 2 is 1.88 bits per heavy atom. The lowest BCUT2D eigenvalue weighted by Crippen LogP contribution is -2.46. The van der Waals surface area contributed by atoms with Gasteiger partial charge in [0.05, 0.1) is 5.56 Å². The summed E-state index contributed by atoms with van der Waals surface area (Å²) in [5, 5.41) is 9.18. The van der Waals surface area contributed by atoms with E-state index >= 15 is 0 Å². The van der Waals surface area contributed by atoms with Crippen LogP contribution >= 0.6 is 15.9 Å². The van der Waals surface area contributed by atoms with Crippen LogP contribution < -0.4 is 0 Å². The number of nitrogens with zero attached hydrogens (tertiary/aromatic N) is 1. The Balaban J connectivity index is 1.56. The zero-order valence-electron chi connectivity index (χ0n) is 14.1. The van der Waals surface area contributed by atoms with Crippen LogP contribution in [-0.4, -0.2) is 28.6 Å². The van der Waals surface area contributed by atoms with Gasteiger partial charge in [0, 0.05) is 23.6 Å². The van der Waals surface area contributed by atoms with Crippen molar-refractivity contribution in [3.8, 4) is 0 Å². The molecule has 3 nitrogen and oxygen atoms in total. The van der Waals surface area contributed by atoms with E-state index in [1.54, 1.807) is 6.07 Å². The fourth-order valence-corrected chi connectivity index (χ4v) is 4.96. The summed E-state index contributed by atoms with van der Waals surface area (Å²) in [4.78, 5) is 13.8. The van der Waals surface area contributed by atoms with E-state index in [0.717, 1.165) is 25.4 Å². The van der Waals surface area contributed by atoms with Gasteiger partial charge in [0.25, 0.3) is 0 Å². The molecule has 2 atom stereocenters. The van der Waals surface area contributed by atoms with Crippen molar-refractivity contribution in [2.45, 2.75) is 38.3 Å². The second-order valence-corrected chi connectivity index (χ2v) is 8.18. The average molecular weight is 400 g/mol. The Labute approximate surface area is 156 Å². The standard InChI is InChI=1S/C21H22BrNO2/c22-20-10-15(6-8-19(20)21(24)25)13-23-12-14-5-7-18(23)11-17-4-2-1-3-16(17)9-14/h1-4,6,8,10,14,18H,5,7,9,11-13H2,(H,24,25)/t14-,18+/m1/s1. The van der Waals surface area contributed by atoms with E-state index in [2.05, 4.69) is 45.1 Å². The molecule has 0 radical (unpaired) electrons. The molecule has 2 aromatic rings. The maximum atomic E-state index is 11.2. The third-order valence-electron chi connectivity index (χ3n) is 5.65. The first kappa shape index (κ1) is 16.8. The number of carboxylic acids is 1. The Bertz CT molecular complexity index is 804. The molecule has 0 amide bonds. The fraction of sp³-hybridized carbons (Fsp3) is 0.381. The van der Waals surface area contributed by atoms with Crippen LogP contribution in [0.5, 0.6) is 0 Å². The van der Waals surface area contributed by atoms with Gasteiger partial charge in [0.15, 0.2) is 0 Å². The topological polar surface area (TPSA) is 40.5 Å². The zero-order chi connectivity index (χ0) is 17.4. The molecule has 3 aliphatic rings. The summed E-state index contributed by atoms with van der Waals surface area (Å²) in [5.41, 5.74) is 4.54. The van der Waals surface area contributed by atoms with Gasteiger partial charge in [-0.1, -0.05) is 30.3 Å². The highest BCUT2D eigenvalue weighted by atomic mass is 79.9. The summed E-state index contributed by atoms with van der Waals surface area (Å²) in [6.07, 6.45) is 4.88. The molecule has 0 unspecified atom stereocenters. The summed E-state index contributed by atoms with van der Waals surface area (Å²) >= 11 is 3.40. The monoisotopic (exact) mass is 399 g/mol. The first-order valence-electron chi connectivity index (χ1n) is 8.92. The molecule has 2 bridgehead atoms. The Morgan fingerprint density at radius 3 is 2.60 bits per heavy atom. The minimum absolute atomic E-state index is 0.326. The van der Waals surface area contributed by atoms with Gasteiger partial charge in [-0.3, -0.25) is 4.90 Å². The first-order chi connectivity index (χ1) is 12.1. The lowest BCUT2D eigenvalue weighted by atomic mass is 9.80. The van der Waals surface area contributed by atoms with E-state index in [1.807, 2.05) is 12.1 Å². The highest BCUT2D eigenvalue weighted by Gasteiger charge is 2.31. The summed E-state index contributed by atoms with van der Waals surface area (Å²) in [6.45, 7) is 2.03. The van der Waals surface area contributed by atoms with Crippen molar-refractivity contribution in [1.82, 2.24) is 4.90 Å². The van der Waals surface area contributed by atoms with E-state index in [1.165, 1.54) is 36.0 Å².